The number of hydrogen-bond acceptors (Lipinski definition) is 2. The summed E-state index contributed by atoms with van der Waals surface area (Å²) in [6, 6.07) is 16.6. The number of rotatable bonds is 3. The summed E-state index contributed by atoms with van der Waals surface area (Å²) in [6.45, 7) is 7.28. The van der Waals surface area contributed by atoms with Crippen LogP contribution in [0.4, 0.5) is 0 Å². The zero-order valence-corrected chi connectivity index (χ0v) is 15.3. The van der Waals surface area contributed by atoms with E-state index in [9.17, 15) is 0 Å². The van der Waals surface area contributed by atoms with Crippen LogP contribution in [0, 0.1) is 5.92 Å². The summed E-state index contributed by atoms with van der Waals surface area (Å²) < 4.78 is 12.4. The van der Waals surface area contributed by atoms with E-state index in [4.69, 9.17) is 9.47 Å². The lowest BCUT2D eigenvalue weighted by atomic mass is 9.68. The van der Waals surface area contributed by atoms with Crippen LogP contribution >= 0.6 is 0 Å². The van der Waals surface area contributed by atoms with Gasteiger partial charge in [-0.15, -0.1) is 0 Å². The predicted octanol–water partition coefficient (Wildman–Crippen LogP) is 5.88. The molecule has 0 amide bonds. The molecule has 2 aromatic rings. The monoisotopic (exact) mass is 334 g/mol. The molecule has 130 valence electrons. The minimum atomic E-state index is -0.124. The molecule has 2 atom stereocenters. The van der Waals surface area contributed by atoms with Crippen molar-refractivity contribution in [2.75, 3.05) is 0 Å². The number of allylic oxidation sites excluding steroid dienone is 2. The summed E-state index contributed by atoms with van der Waals surface area (Å²) in [5, 5.41) is 0. The van der Waals surface area contributed by atoms with Crippen molar-refractivity contribution in [2.24, 2.45) is 5.92 Å². The fourth-order valence-electron chi connectivity index (χ4n) is 4.23. The van der Waals surface area contributed by atoms with Crippen molar-refractivity contribution in [3.63, 3.8) is 0 Å². The first kappa shape index (κ1) is 16.3. The van der Waals surface area contributed by atoms with Crippen molar-refractivity contribution >= 4 is 0 Å². The SMILES string of the molecule is CC1=CC2c3cc(OCc4ccccc4)ccc3OC(C)(C)C2CC1. The Hall–Kier alpha value is -2.22. The quantitative estimate of drug-likeness (QED) is 0.653. The van der Waals surface area contributed by atoms with E-state index < -0.39 is 0 Å². The zero-order chi connectivity index (χ0) is 17.4. The topological polar surface area (TPSA) is 18.5 Å². The van der Waals surface area contributed by atoms with Crippen molar-refractivity contribution in [1.82, 2.24) is 0 Å². The number of hydrogen-bond donors (Lipinski definition) is 0. The zero-order valence-electron chi connectivity index (χ0n) is 15.3. The molecule has 0 radical (unpaired) electrons. The van der Waals surface area contributed by atoms with Crippen molar-refractivity contribution < 1.29 is 9.47 Å². The lowest BCUT2D eigenvalue weighted by Gasteiger charge is -2.46. The Morgan fingerprint density at radius 2 is 1.92 bits per heavy atom. The summed E-state index contributed by atoms with van der Waals surface area (Å²) in [5.41, 5.74) is 3.82. The van der Waals surface area contributed by atoms with Crippen LogP contribution in [0.15, 0.2) is 60.2 Å². The van der Waals surface area contributed by atoms with Gasteiger partial charge in [0.2, 0.25) is 0 Å². The fourth-order valence-corrected chi connectivity index (χ4v) is 4.23. The van der Waals surface area contributed by atoms with Gasteiger partial charge < -0.3 is 9.47 Å². The molecule has 2 aromatic carbocycles. The molecule has 0 saturated carbocycles. The molecule has 0 saturated heterocycles. The van der Waals surface area contributed by atoms with Crippen molar-refractivity contribution in [3.05, 3.63) is 71.3 Å². The molecule has 2 aliphatic rings. The van der Waals surface area contributed by atoms with Gasteiger partial charge in [-0.05, 0) is 57.4 Å². The molecule has 0 bridgehead atoms. The van der Waals surface area contributed by atoms with Crippen LogP contribution < -0.4 is 9.47 Å². The average Bonchev–Trinajstić information content (AvgIpc) is 2.60. The number of benzene rings is 2. The Morgan fingerprint density at radius 3 is 2.72 bits per heavy atom. The molecule has 0 N–H and O–H groups in total. The highest BCUT2D eigenvalue weighted by Gasteiger charge is 2.43. The van der Waals surface area contributed by atoms with E-state index in [1.165, 1.54) is 29.5 Å². The van der Waals surface area contributed by atoms with Gasteiger partial charge in [-0.2, -0.15) is 0 Å². The summed E-state index contributed by atoms with van der Waals surface area (Å²) in [6.07, 6.45) is 4.81. The first-order chi connectivity index (χ1) is 12.0. The average molecular weight is 334 g/mol. The Bertz CT molecular complexity index is 789. The molecular weight excluding hydrogens is 308 g/mol. The van der Waals surface area contributed by atoms with Crippen LogP contribution in [0.1, 0.15) is 50.7 Å². The summed E-state index contributed by atoms with van der Waals surface area (Å²) >= 11 is 0. The van der Waals surface area contributed by atoms with E-state index in [0.717, 1.165) is 11.5 Å². The van der Waals surface area contributed by atoms with Gasteiger partial charge in [0.05, 0.1) is 0 Å². The number of fused-ring (bicyclic) bond motifs is 3. The summed E-state index contributed by atoms with van der Waals surface area (Å²) in [4.78, 5) is 0. The second-order valence-corrected chi connectivity index (χ2v) is 7.86. The Morgan fingerprint density at radius 1 is 1.12 bits per heavy atom. The normalized spacial score (nSPS) is 23.7. The molecular formula is C23H26O2. The van der Waals surface area contributed by atoms with Gasteiger partial charge in [-0.3, -0.25) is 0 Å². The summed E-state index contributed by atoms with van der Waals surface area (Å²) in [7, 11) is 0. The standard InChI is InChI=1S/C23H26O2/c1-16-9-11-21-19(13-16)20-14-18(10-12-22(20)25-23(21,2)3)24-15-17-7-5-4-6-8-17/h4-8,10,12-14,19,21H,9,11,15H2,1-3H3. The molecule has 25 heavy (non-hydrogen) atoms. The lowest BCUT2D eigenvalue weighted by molar-refractivity contribution is 0.0115. The van der Waals surface area contributed by atoms with Gasteiger partial charge in [0.25, 0.3) is 0 Å². The van der Waals surface area contributed by atoms with Crippen LogP contribution in [0.5, 0.6) is 11.5 Å². The van der Waals surface area contributed by atoms with Crippen LogP contribution in [0.3, 0.4) is 0 Å². The van der Waals surface area contributed by atoms with E-state index in [0.29, 0.717) is 18.4 Å². The molecule has 1 heterocycles. The first-order valence-electron chi connectivity index (χ1n) is 9.20. The maximum atomic E-state index is 6.36. The van der Waals surface area contributed by atoms with Gasteiger partial charge in [0, 0.05) is 17.4 Å². The minimum Gasteiger partial charge on any atom is -0.489 e. The van der Waals surface area contributed by atoms with Gasteiger partial charge in [-0.1, -0.05) is 42.0 Å². The highest BCUT2D eigenvalue weighted by atomic mass is 16.5. The highest BCUT2D eigenvalue weighted by Crippen LogP contribution is 2.51. The van der Waals surface area contributed by atoms with Gasteiger partial charge >= 0.3 is 0 Å². The third kappa shape index (κ3) is 3.18. The molecule has 4 rings (SSSR count). The lowest BCUT2D eigenvalue weighted by Crippen LogP contribution is -2.45. The van der Waals surface area contributed by atoms with E-state index >= 15 is 0 Å². The molecule has 0 spiro atoms. The Kier molecular flexibility index (Phi) is 4.07. The second-order valence-electron chi connectivity index (χ2n) is 7.86. The van der Waals surface area contributed by atoms with Crippen LogP contribution in [0.25, 0.3) is 0 Å². The third-order valence-corrected chi connectivity index (χ3v) is 5.60. The van der Waals surface area contributed by atoms with Crippen molar-refractivity contribution in [3.8, 4) is 11.5 Å². The maximum Gasteiger partial charge on any atom is 0.124 e. The van der Waals surface area contributed by atoms with E-state index in [1.54, 1.807) is 0 Å². The van der Waals surface area contributed by atoms with Crippen molar-refractivity contribution in [1.29, 1.82) is 0 Å². The van der Waals surface area contributed by atoms with E-state index in [1.807, 2.05) is 24.3 Å². The van der Waals surface area contributed by atoms with Crippen LogP contribution in [-0.4, -0.2) is 5.60 Å². The van der Waals surface area contributed by atoms with E-state index in [-0.39, 0.29) is 5.60 Å². The maximum absolute atomic E-state index is 6.36. The molecule has 0 aromatic heterocycles. The Labute approximate surface area is 150 Å². The first-order valence-corrected chi connectivity index (χ1v) is 9.20. The van der Waals surface area contributed by atoms with Crippen LogP contribution in [0.2, 0.25) is 0 Å². The van der Waals surface area contributed by atoms with Crippen molar-refractivity contribution in [2.45, 2.75) is 51.7 Å². The molecule has 1 aliphatic carbocycles. The third-order valence-electron chi connectivity index (χ3n) is 5.60. The van der Waals surface area contributed by atoms with Crippen LogP contribution in [-0.2, 0) is 6.61 Å². The summed E-state index contributed by atoms with van der Waals surface area (Å²) in [5.74, 6) is 2.87. The minimum absolute atomic E-state index is 0.124. The molecule has 2 heteroatoms. The van der Waals surface area contributed by atoms with Gasteiger partial charge in [0.1, 0.15) is 23.7 Å². The van der Waals surface area contributed by atoms with Gasteiger partial charge in [-0.25, -0.2) is 0 Å². The molecule has 2 nitrogen and oxygen atoms in total. The number of ether oxygens (including phenoxy) is 2. The van der Waals surface area contributed by atoms with E-state index in [2.05, 4.69) is 51.1 Å². The second kappa shape index (κ2) is 6.25. The van der Waals surface area contributed by atoms with Gasteiger partial charge in [0.15, 0.2) is 0 Å². The smallest absolute Gasteiger partial charge is 0.124 e. The Balaban J connectivity index is 1.63. The molecule has 2 unspecified atom stereocenters. The largest absolute Gasteiger partial charge is 0.489 e. The highest BCUT2D eigenvalue weighted by molar-refractivity contribution is 5.48. The molecule has 0 fully saturated rings. The molecule has 1 aliphatic heterocycles. The fraction of sp³-hybridized carbons (Fsp3) is 0.391. The predicted molar refractivity (Wildman–Crippen MR) is 101 cm³/mol.